The molecule has 0 spiro atoms. The Morgan fingerprint density at radius 2 is 2.26 bits per heavy atom. The first-order valence-corrected chi connectivity index (χ1v) is 7.59. The standard InChI is InChI=1S/C8H15BrN6O3S/c1-3-4-15(5-6(10)12-16)19(17,18)8-7(9)11-13-14(8)2/h16H,3-5H2,1-2H3,(H2,10,12). The largest absolute Gasteiger partial charge is 0.409 e. The van der Waals surface area contributed by atoms with Crippen molar-refractivity contribution in [1.29, 1.82) is 0 Å². The van der Waals surface area contributed by atoms with Gasteiger partial charge in [-0.3, -0.25) is 0 Å². The highest BCUT2D eigenvalue weighted by Crippen LogP contribution is 2.22. The van der Waals surface area contributed by atoms with Gasteiger partial charge in [-0.15, -0.1) is 5.10 Å². The molecule has 0 radical (unpaired) electrons. The van der Waals surface area contributed by atoms with Crippen LogP contribution in [0.1, 0.15) is 13.3 Å². The quantitative estimate of drug-likeness (QED) is 0.313. The molecular weight excluding hydrogens is 340 g/mol. The fraction of sp³-hybridized carbons (Fsp3) is 0.625. The Balaban J connectivity index is 3.20. The van der Waals surface area contributed by atoms with Gasteiger partial charge in [0, 0.05) is 13.6 Å². The van der Waals surface area contributed by atoms with Crippen LogP contribution in [-0.2, 0) is 17.1 Å². The van der Waals surface area contributed by atoms with Crippen LogP contribution in [0.15, 0.2) is 14.8 Å². The van der Waals surface area contributed by atoms with Gasteiger partial charge in [0.05, 0.1) is 6.54 Å². The number of halogens is 1. The number of amidine groups is 1. The molecule has 1 heterocycles. The average Bonchev–Trinajstić information content (AvgIpc) is 2.68. The monoisotopic (exact) mass is 354 g/mol. The van der Waals surface area contributed by atoms with E-state index in [1.54, 1.807) is 0 Å². The van der Waals surface area contributed by atoms with Crippen molar-refractivity contribution in [3.8, 4) is 0 Å². The van der Waals surface area contributed by atoms with E-state index >= 15 is 0 Å². The van der Waals surface area contributed by atoms with E-state index in [2.05, 4.69) is 31.4 Å². The fourth-order valence-electron chi connectivity index (χ4n) is 1.46. The molecule has 9 nitrogen and oxygen atoms in total. The van der Waals surface area contributed by atoms with Gasteiger partial charge in [0.1, 0.15) is 0 Å². The zero-order chi connectivity index (χ0) is 14.6. The summed E-state index contributed by atoms with van der Waals surface area (Å²) >= 11 is 3.04. The van der Waals surface area contributed by atoms with Crippen molar-refractivity contribution in [2.75, 3.05) is 13.1 Å². The highest BCUT2D eigenvalue weighted by molar-refractivity contribution is 9.10. The molecule has 11 heteroatoms. The number of nitrogens with zero attached hydrogens (tertiary/aromatic N) is 5. The van der Waals surface area contributed by atoms with Gasteiger partial charge in [-0.05, 0) is 22.4 Å². The summed E-state index contributed by atoms with van der Waals surface area (Å²) in [5, 5.41) is 18.5. The maximum Gasteiger partial charge on any atom is 0.263 e. The number of aromatic nitrogens is 3. The van der Waals surface area contributed by atoms with Crippen LogP contribution in [-0.4, -0.2) is 51.8 Å². The van der Waals surface area contributed by atoms with Crippen LogP contribution < -0.4 is 5.73 Å². The number of sulfonamides is 1. The number of hydrogen-bond donors (Lipinski definition) is 2. The van der Waals surface area contributed by atoms with Crippen molar-refractivity contribution in [1.82, 2.24) is 19.3 Å². The molecule has 0 bridgehead atoms. The van der Waals surface area contributed by atoms with Crippen LogP contribution >= 0.6 is 15.9 Å². The third-order valence-electron chi connectivity index (χ3n) is 2.26. The van der Waals surface area contributed by atoms with E-state index in [1.807, 2.05) is 6.92 Å². The first-order chi connectivity index (χ1) is 8.84. The zero-order valence-electron chi connectivity index (χ0n) is 10.5. The molecular formula is C8H15BrN6O3S. The highest BCUT2D eigenvalue weighted by atomic mass is 79.9. The molecule has 0 amide bonds. The van der Waals surface area contributed by atoms with Crippen molar-refractivity contribution >= 4 is 31.8 Å². The second kappa shape index (κ2) is 6.30. The summed E-state index contributed by atoms with van der Waals surface area (Å²) in [5.41, 5.74) is 5.37. The minimum Gasteiger partial charge on any atom is -0.409 e. The number of oxime groups is 1. The van der Waals surface area contributed by atoms with Crippen molar-refractivity contribution in [2.24, 2.45) is 17.9 Å². The Labute approximate surface area is 119 Å². The molecule has 1 aromatic heterocycles. The minimum absolute atomic E-state index is 0.0771. The normalized spacial score (nSPS) is 13.2. The maximum absolute atomic E-state index is 12.5. The summed E-state index contributed by atoms with van der Waals surface area (Å²) in [5.74, 6) is -0.191. The van der Waals surface area contributed by atoms with Crippen molar-refractivity contribution in [3.05, 3.63) is 4.60 Å². The minimum atomic E-state index is -3.83. The highest BCUT2D eigenvalue weighted by Gasteiger charge is 2.31. The Hall–Kier alpha value is -1.20. The number of nitrogens with two attached hydrogens (primary N) is 1. The number of aryl methyl sites for hydroxylation is 1. The molecule has 0 saturated heterocycles. The van der Waals surface area contributed by atoms with Gasteiger partial charge in [-0.25, -0.2) is 13.1 Å². The van der Waals surface area contributed by atoms with Gasteiger partial charge >= 0.3 is 0 Å². The summed E-state index contributed by atoms with van der Waals surface area (Å²) in [7, 11) is -2.36. The Bertz CT molecular complexity index is 550. The van der Waals surface area contributed by atoms with Crippen LogP contribution in [0.3, 0.4) is 0 Å². The zero-order valence-corrected chi connectivity index (χ0v) is 12.9. The van der Waals surface area contributed by atoms with Crippen LogP contribution in [0.2, 0.25) is 0 Å². The van der Waals surface area contributed by atoms with Gasteiger partial charge in [0.2, 0.25) is 5.03 Å². The lowest BCUT2D eigenvalue weighted by atomic mass is 10.4. The molecule has 3 N–H and O–H groups in total. The van der Waals surface area contributed by atoms with E-state index in [0.717, 1.165) is 8.99 Å². The Morgan fingerprint density at radius 3 is 2.68 bits per heavy atom. The van der Waals surface area contributed by atoms with Crippen molar-refractivity contribution in [3.63, 3.8) is 0 Å². The first-order valence-electron chi connectivity index (χ1n) is 5.36. The first kappa shape index (κ1) is 15.9. The van der Waals surface area contributed by atoms with E-state index in [4.69, 9.17) is 10.9 Å². The predicted molar refractivity (Wildman–Crippen MR) is 71.2 cm³/mol. The Kier molecular flexibility index (Phi) is 5.26. The molecule has 0 aliphatic rings. The van der Waals surface area contributed by atoms with E-state index in [1.165, 1.54) is 7.05 Å². The van der Waals surface area contributed by atoms with Crippen LogP contribution in [0.25, 0.3) is 0 Å². The number of rotatable bonds is 6. The third kappa shape index (κ3) is 3.42. The molecule has 0 saturated carbocycles. The Morgan fingerprint density at radius 1 is 1.63 bits per heavy atom. The lowest BCUT2D eigenvalue weighted by molar-refractivity contribution is 0.314. The van der Waals surface area contributed by atoms with E-state index < -0.39 is 10.0 Å². The van der Waals surface area contributed by atoms with Crippen LogP contribution in [0, 0.1) is 0 Å². The van der Waals surface area contributed by atoms with E-state index in [-0.39, 0.29) is 28.6 Å². The molecule has 19 heavy (non-hydrogen) atoms. The predicted octanol–water partition coefficient (Wildman–Crippen LogP) is -0.275. The summed E-state index contributed by atoms with van der Waals surface area (Å²) in [4.78, 5) is 0. The van der Waals surface area contributed by atoms with Gasteiger partial charge < -0.3 is 10.9 Å². The topological polar surface area (TPSA) is 127 Å². The molecule has 0 unspecified atom stereocenters. The second-order valence-electron chi connectivity index (χ2n) is 3.74. The van der Waals surface area contributed by atoms with Crippen molar-refractivity contribution in [2.45, 2.75) is 18.4 Å². The summed E-state index contributed by atoms with van der Waals surface area (Å²) in [6, 6.07) is 0. The summed E-state index contributed by atoms with van der Waals surface area (Å²) in [6.45, 7) is 1.85. The molecule has 0 aliphatic carbocycles. The molecule has 0 aromatic carbocycles. The average molecular weight is 355 g/mol. The second-order valence-corrected chi connectivity index (χ2v) is 6.34. The SMILES string of the molecule is CCCN(CC(N)=NO)S(=O)(=O)c1c(Br)nnn1C. The molecule has 1 aromatic rings. The van der Waals surface area contributed by atoms with E-state index in [9.17, 15) is 8.42 Å². The smallest absolute Gasteiger partial charge is 0.263 e. The molecule has 0 atom stereocenters. The van der Waals surface area contributed by atoms with Gasteiger partial charge in [0.25, 0.3) is 10.0 Å². The number of hydrogen-bond acceptors (Lipinski definition) is 6. The lowest BCUT2D eigenvalue weighted by Gasteiger charge is -2.20. The molecule has 1 rings (SSSR count). The van der Waals surface area contributed by atoms with Gasteiger partial charge in [-0.1, -0.05) is 17.3 Å². The molecule has 0 aliphatic heterocycles. The fourth-order valence-corrected chi connectivity index (χ4v) is 4.00. The lowest BCUT2D eigenvalue weighted by Crippen LogP contribution is -2.39. The summed E-state index contributed by atoms with van der Waals surface area (Å²) in [6.07, 6.45) is 0.584. The summed E-state index contributed by atoms with van der Waals surface area (Å²) < 4.78 is 27.3. The third-order valence-corrected chi connectivity index (χ3v) is 5.00. The van der Waals surface area contributed by atoms with Crippen LogP contribution in [0.4, 0.5) is 0 Å². The van der Waals surface area contributed by atoms with Crippen molar-refractivity contribution < 1.29 is 13.6 Å². The molecule has 0 fully saturated rings. The van der Waals surface area contributed by atoms with Gasteiger partial charge in [-0.2, -0.15) is 4.31 Å². The maximum atomic E-state index is 12.5. The van der Waals surface area contributed by atoms with Gasteiger partial charge in [0.15, 0.2) is 10.4 Å². The molecule has 108 valence electrons. The van der Waals surface area contributed by atoms with E-state index in [0.29, 0.717) is 6.42 Å². The van der Waals surface area contributed by atoms with Crippen LogP contribution in [0.5, 0.6) is 0 Å².